The first-order valence-electron chi connectivity index (χ1n) is 7.56. The van der Waals surface area contributed by atoms with Crippen LogP contribution in [0.4, 0.5) is 5.82 Å². The van der Waals surface area contributed by atoms with E-state index >= 15 is 0 Å². The Labute approximate surface area is 122 Å². The molecule has 0 aliphatic carbocycles. The van der Waals surface area contributed by atoms with Gasteiger partial charge in [-0.25, -0.2) is 4.98 Å². The molecule has 0 fully saturated rings. The Kier molecular flexibility index (Phi) is 7.70. The predicted octanol–water partition coefficient (Wildman–Crippen LogP) is 3.56. The monoisotopic (exact) mass is 277 g/mol. The minimum Gasteiger partial charge on any atom is -0.370 e. The van der Waals surface area contributed by atoms with Gasteiger partial charge in [-0.2, -0.15) is 0 Å². The quantitative estimate of drug-likeness (QED) is 0.702. The minimum absolute atomic E-state index is 0.0139. The van der Waals surface area contributed by atoms with Crippen molar-refractivity contribution in [1.29, 1.82) is 0 Å². The maximum absolute atomic E-state index is 11.7. The number of rotatable bonds is 9. The van der Waals surface area contributed by atoms with Crippen molar-refractivity contribution in [2.45, 2.75) is 45.4 Å². The second kappa shape index (κ2) is 9.34. The first-order chi connectivity index (χ1) is 9.65. The number of hydrogen-bond donors (Lipinski definition) is 1. The van der Waals surface area contributed by atoms with Crippen LogP contribution in [0, 0.1) is 0 Å². The Balaban J connectivity index is 2.23. The number of aromatic nitrogens is 1. The van der Waals surface area contributed by atoms with Gasteiger partial charge in [0, 0.05) is 26.8 Å². The molecular weight excluding hydrogens is 250 g/mol. The molecule has 112 valence electrons. The Morgan fingerprint density at radius 2 is 1.85 bits per heavy atom. The van der Waals surface area contributed by atoms with Crippen LogP contribution < -0.4 is 5.32 Å². The van der Waals surface area contributed by atoms with Crippen molar-refractivity contribution in [2.24, 2.45) is 0 Å². The summed E-state index contributed by atoms with van der Waals surface area (Å²) in [5, 5.41) is 3.29. The van der Waals surface area contributed by atoms with Crippen molar-refractivity contribution >= 4 is 11.7 Å². The minimum atomic E-state index is -0.0139. The Bertz CT molecular complexity index is 387. The average Bonchev–Trinajstić information content (AvgIpc) is 2.46. The van der Waals surface area contributed by atoms with Gasteiger partial charge in [0.05, 0.1) is 5.56 Å². The maximum Gasteiger partial charge on any atom is 0.254 e. The molecule has 4 heteroatoms. The summed E-state index contributed by atoms with van der Waals surface area (Å²) in [6.45, 7) is 3.18. The van der Waals surface area contributed by atoms with Crippen molar-refractivity contribution in [2.75, 3.05) is 26.0 Å². The van der Waals surface area contributed by atoms with Gasteiger partial charge < -0.3 is 10.2 Å². The molecule has 4 nitrogen and oxygen atoms in total. The molecule has 0 unspecified atom stereocenters. The van der Waals surface area contributed by atoms with E-state index in [0.717, 1.165) is 12.4 Å². The number of carbonyl (C=O) groups excluding carboxylic acids is 1. The van der Waals surface area contributed by atoms with Gasteiger partial charge in [-0.15, -0.1) is 0 Å². The van der Waals surface area contributed by atoms with Gasteiger partial charge in [-0.1, -0.05) is 39.0 Å². The molecule has 1 N–H and O–H groups in total. The fourth-order valence-electron chi connectivity index (χ4n) is 2.00. The number of nitrogens with one attached hydrogen (secondary N) is 1. The van der Waals surface area contributed by atoms with Gasteiger partial charge in [0.25, 0.3) is 5.91 Å². The van der Waals surface area contributed by atoms with Gasteiger partial charge in [0.2, 0.25) is 0 Å². The van der Waals surface area contributed by atoms with Crippen LogP contribution in [0.2, 0.25) is 0 Å². The molecule has 0 spiro atoms. The zero-order valence-corrected chi connectivity index (χ0v) is 13.0. The molecule has 0 radical (unpaired) electrons. The van der Waals surface area contributed by atoms with Gasteiger partial charge >= 0.3 is 0 Å². The second-order valence-electron chi connectivity index (χ2n) is 5.33. The Hall–Kier alpha value is -1.58. The number of anilines is 1. The summed E-state index contributed by atoms with van der Waals surface area (Å²) in [6.07, 6.45) is 9.37. The lowest BCUT2D eigenvalue weighted by Gasteiger charge is -2.10. The van der Waals surface area contributed by atoms with Crippen molar-refractivity contribution in [3.8, 4) is 0 Å². The van der Waals surface area contributed by atoms with E-state index in [4.69, 9.17) is 0 Å². The smallest absolute Gasteiger partial charge is 0.254 e. The van der Waals surface area contributed by atoms with E-state index in [0.29, 0.717) is 5.56 Å². The number of hydrogen-bond acceptors (Lipinski definition) is 3. The lowest BCUT2D eigenvalue weighted by Crippen LogP contribution is -2.21. The summed E-state index contributed by atoms with van der Waals surface area (Å²) < 4.78 is 0. The van der Waals surface area contributed by atoms with Crippen LogP contribution in [-0.2, 0) is 0 Å². The lowest BCUT2D eigenvalue weighted by molar-refractivity contribution is 0.0827. The lowest BCUT2D eigenvalue weighted by atomic mass is 10.1. The third-order valence-electron chi connectivity index (χ3n) is 3.25. The molecule has 1 rings (SSSR count). The van der Waals surface area contributed by atoms with Gasteiger partial charge in [0.15, 0.2) is 0 Å². The number of pyridine rings is 1. The van der Waals surface area contributed by atoms with E-state index in [-0.39, 0.29) is 5.91 Å². The summed E-state index contributed by atoms with van der Waals surface area (Å²) in [4.78, 5) is 17.5. The predicted molar refractivity (Wildman–Crippen MR) is 84.1 cm³/mol. The molecule has 1 heterocycles. The highest BCUT2D eigenvalue weighted by Gasteiger charge is 2.07. The van der Waals surface area contributed by atoms with Crippen molar-refractivity contribution in [3.63, 3.8) is 0 Å². The van der Waals surface area contributed by atoms with Crippen LogP contribution in [-0.4, -0.2) is 36.4 Å². The summed E-state index contributed by atoms with van der Waals surface area (Å²) in [5.41, 5.74) is 0.625. The fourth-order valence-corrected chi connectivity index (χ4v) is 2.00. The van der Waals surface area contributed by atoms with Crippen molar-refractivity contribution in [1.82, 2.24) is 9.88 Å². The van der Waals surface area contributed by atoms with Crippen LogP contribution in [0.1, 0.15) is 55.8 Å². The number of unbranched alkanes of at least 4 members (excludes halogenated alkanes) is 5. The fraction of sp³-hybridized carbons (Fsp3) is 0.625. The largest absolute Gasteiger partial charge is 0.370 e. The molecule has 0 atom stereocenters. The molecule has 1 amide bonds. The maximum atomic E-state index is 11.7. The van der Waals surface area contributed by atoms with Crippen LogP contribution in [0.5, 0.6) is 0 Å². The normalized spacial score (nSPS) is 10.3. The highest BCUT2D eigenvalue weighted by Crippen LogP contribution is 2.08. The second-order valence-corrected chi connectivity index (χ2v) is 5.33. The molecule has 0 saturated carbocycles. The molecule has 0 aliphatic heterocycles. The highest BCUT2D eigenvalue weighted by molar-refractivity contribution is 5.93. The number of nitrogens with zero attached hydrogens (tertiary/aromatic N) is 2. The van der Waals surface area contributed by atoms with E-state index in [1.54, 1.807) is 25.2 Å². The highest BCUT2D eigenvalue weighted by atomic mass is 16.2. The number of carbonyl (C=O) groups is 1. The van der Waals surface area contributed by atoms with Crippen LogP contribution in [0.15, 0.2) is 18.3 Å². The Morgan fingerprint density at radius 1 is 1.15 bits per heavy atom. The molecule has 0 aromatic carbocycles. The van der Waals surface area contributed by atoms with Crippen molar-refractivity contribution in [3.05, 3.63) is 23.9 Å². The van der Waals surface area contributed by atoms with Gasteiger partial charge in [0.1, 0.15) is 5.82 Å². The summed E-state index contributed by atoms with van der Waals surface area (Å²) in [7, 11) is 3.49. The molecular formula is C16H27N3O. The van der Waals surface area contributed by atoms with E-state index in [1.807, 2.05) is 12.1 Å². The summed E-state index contributed by atoms with van der Waals surface area (Å²) in [5.74, 6) is 0.828. The summed E-state index contributed by atoms with van der Waals surface area (Å²) in [6, 6.07) is 3.69. The van der Waals surface area contributed by atoms with Gasteiger partial charge in [-0.3, -0.25) is 4.79 Å². The average molecular weight is 277 g/mol. The first kappa shape index (κ1) is 16.5. The molecule has 1 aromatic heterocycles. The van der Waals surface area contributed by atoms with Crippen molar-refractivity contribution < 1.29 is 4.79 Å². The van der Waals surface area contributed by atoms with Crippen LogP contribution in [0.3, 0.4) is 0 Å². The zero-order valence-electron chi connectivity index (χ0n) is 13.0. The van der Waals surface area contributed by atoms with Gasteiger partial charge in [-0.05, 0) is 18.6 Å². The standard InChI is InChI=1S/C16H27N3O/c1-4-5-6-7-8-9-12-17-15-11-10-14(13-18-15)16(20)19(2)3/h10-11,13H,4-9,12H2,1-3H3,(H,17,18). The summed E-state index contributed by atoms with van der Waals surface area (Å²) >= 11 is 0. The van der Waals surface area contributed by atoms with Crippen LogP contribution in [0.25, 0.3) is 0 Å². The van der Waals surface area contributed by atoms with E-state index in [1.165, 1.54) is 38.5 Å². The SMILES string of the molecule is CCCCCCCCNc1ccc(C(=O)N(C)C)cn1. The molecule has 0 saturated heterocycles. The first-order valence-corrected chi connectivity index (χ1v) is 7.56. The van der Waals surface area contributed by atoms with E-state index < -0.39 is 0 Å². The molecule has 20 heavy (non-hydrogen) atoms. The van der Waals surface area contributed by atoms with E-state index in [2.05, 4.69) is 17.2 Å². The zero-order chi connectivity index (χ0) is 14.8. The molecule has 0 bridgehead atoms. The number of amides is 1. The molecule has 1 aromatic rings. The van der Waals surface area contributed by atoms with Crippen LogP contribution >= 0.6 is 0 Å². The topological polar surface area (TPSA) is 45.2 Å². The van der Waals surface area contributed by atoms with E-state index in [9.17, 15) is 4.79 Å². The Morgan fingerprint density at radius 3 is 2.45 bits per heavy atom. The third-order valence-corrected chi connectivity index (χ3v) is 3.25. The third kappa shape index (κ3) is 6.04. The molecule has 0 aliphatic rings.